The van der Waals surface area contributed by atoms with E-state index in [2.05, 4.69) is 0 Å². The Morgan fingerprint density at radius 3 is 2.64 bits per heavy atom. The lowest BCUT2D eigenvalue weighted by Crippen LogP contribution is -2.07. The zero-order valence-electron chi connectivity index (χ0n) is 19.6. The zero-order chi connectivity index (χ0) is 25.2. The van der Waals surface area contributed by atoms with Crippen LogP contribution < -0.4 is 0 Å². The molecule has 0 unspecified atom stereocenters. The smallest absolute Gasteiger partial charge is 0.258 e. The Labute approximate surface area is 227 Å². The first-order valence-electron chi connectivity index (χ1n) is 11.8. The summed E-state index contributed by atoms with van der Waals surface area (Å²) in [4.78, 5) is 16.1. The van der Waals surface area contributed by atoms with Crippen LogP contribution in [0.3, 0.4) is 0 Å². The van der Waals surface area contributed by atoms with Gasteiger partial charge in [0, 0.05) is 35.1 Å². The molecule has 36 heavy (non-hydrogen) atoms. The predicted molar refractivity (Wildman–Crippen MR) is 148 cm³/mol. The van der Waals surface area contributed by atoms with Crippen molar-refractivity contribution in [3.8, 4) is 16.4 Å². The normalized spacial score (nSPS) is 14.3. The summed E-state index contributed by atoms with van der Waals surface area (Å²) in [6, 6.07) is 12.4. The topological polar surface area (TPSA) is 73.8 Å². The van der Waals surface area contributed by atoms with E-state index in [1.807, 2.05) is 43.1 Å². The highest BCUT2D eigenvalue weighted by molar-refractivity contribution is 8.01. The number of nitrogens with zero attached hydrogens (tertiary/aromatic N) is 4. The summed E-state index contributed by atoms with van der Waals surface area (Å²) < 4.78 is 2.93. The zero-order valence-corrected chi connectivity index (χ0v) is 22.8. The lowest BCUT2D eigenvalue weighted by molar-refractivity contribution is -0.385. The van der Waals surface area contributed by atoms with Crippen molar-refractivity contribution in [2.45, 2.75) is 54.9 Å². The molecular formula is C26H24Cl2N4O2S2. The molecule has 0 saturated heterocycles. The Balaban J connectivity index is 1.50. The van der Waals surface area contributed by atoms with Crippen molar-refractivity contribution in [3.05, 3.63) is 85.6 Å². The lowest BCUT2D eigenvalue weighted by Gasteiger charge is -2.20. The van der Waals surface area contributed by atoms with E-state index in [1.54, 1.807) is 34.2 Å². The van der Waals surface area contributed by atoms with Crippen molar-refractivity contribution in [2.24, 2.45) is 0 Å². The highest BCUT2D eigenvalue weighted by Crippen LogP contribution is 2.44. The second-order valence-corrected chi connectivity index (χ2v) is 12.2. The van der Waals surface area contributed by atoms with Gasteiger partial charge >= 0.3 is 0 Å². The quantitative estimate of drug-likeness (QED) is 0.168. The number of thioether (sulfide) groups is 1. The maximum atomic E-state index is 11.5. The van der Waals surface area contributed by atoms with E-state index in [0.717, 1.165) is 31.9 Å². The van der Waals surface area contributed by atoms with Crippen LogP contribution in [0, 0.1) is 17.0 Å². The standard InChI is InChI=1S/C26H24Cl2N4O2S2/c1-16-19(13-17-7-5-6-10-23(17)32(33)34)15-31(30-16)26-29-24(18-11-12-21(27)22(28)14-18)25(36-26)35-20-8-3-2-4-9-20/h5-7,10-12,14-15,20H,2-4,8-9,13H2,1H3. The molecule has 2 aromatic carbocycles. The van der Waals surface area contributed by atoms with Crippen molar-refractivity contribution in [3.63, 3.8) is 0 Å². The number of aromatic nitrogens is 3. The molecule has 0 N–H and O–H groups in total. The van der Waals surface area contributed by atoms with Crippen LogP contribution in [0.15, 0.2) is 52.9 Å². The van der Waals surface area contributed by atoms with Crippen LogP contribution in [0.25, 0.3) is 16.4 Å². The molecule has 2 heterocycles. The van der Waals surface area contributed by atoms with Crippen molar-refractivity contribution < 1.29 is 4.92 Å². The molecule has 186 valence electrons. The number of aryl methyl sites for hydroxylation is 1. The maximum absolute atomic E-state index is 11.5. The maximum Gasteiger partial charge on any atom is 0.272 e. The van der Waals surface area contributed by atoms with Gasteiger partial charge in [-0.3, -0.25) is 10.1 Å². The number of hydrogen-bond acceptors (Lipinski definition) is 6. The lowest BCUT2D eigenvalue weighted by atomic mass is 10.0. The fraction of sp³-hybridized carbons (Fsp3) is 0.308. The van der Waals surface area contributed by atoms with Crippen molar-refractivity contribution in [1.82, 2.24) is 14.8 Å². The van der Waals surface area contributed by atoms with Gasteiger partial charge < -0.3 is 0 Å². The average Bonchev–Trinajstić information content (AvgIpc) is 3.45. The summed E-state index contributed by atoms with van der Waals surface area (Å²) in [5.41, 5.74) is 4.34. The second-order valence-electron chi connectivity index (χ2n) is 8.89. The average molecular weight is 560 g/mol. The predicted octanol–water partition coefficient (Wildman–Crippen LogP) is 8.53. The van der Waals surface area contributed by atoms with Crippen LogP contribution in [0.2, 0.25) is 10.0 Å². The van der Waals surface area contributed by atoms with Crippen LogP contribution in [0.5, 0.6) is 0 Å². The summed E-state index contributed by atoms with van der Waals surface area (Å²) in [7, 11) is 0. The first-order chi connectivity index (χ1) is 17.4. The molecule has 0 amide bonds. The first-order valence-corrected chi connectivity index (χ1v) is 14.2. The molecule has 0 aliphatic heterocycles. The van der Waals surface area contributed by atoms with Gasteiger partial charge in [0.05, 0.1) is 30.6 Å². The SMILES string of the molecule is Cc1nn(-c2nc(-c3ccc(Cl)c(Cl)c3)c(SC3CCCCC3)s2)cc1Cc1ccccc1[N+](=O)[O-]. The van der Waals surface area contributed by atoms with Gasteiger partial charge in [0.1, 0.15) is 0 Å². The second kappa shape index (κ2) is 10.9. The Morgan fingerprint density at radius 1 is 1.11 bits per heavy atom. The van der Waals surface area contributed by atoms with E-state index >= 15 is 0 Å². The number of thiazole rings is 1. The van der Waals surface area contributed by atoms with Crippen molar-refractivity contribution >= 4 is 52.0 Å². The third-order valence-electron chi connectivity index (χ3n) is 6.37. The largest absolute Gasteiger partial charge is 0.272 e. The molecule has 1 aliphatic carbocycles. The molecule has 10 heteroatoms. The van der Waals surface area contributed by atoms with E-state index in [-0.39, 0.29) is 10.6 Å². The highest BCUT2D eigenvalue weighted by Gasteiger charge is 2.23. The van der Waals surface area contributed by atoms with Gasteiger partial charge in [0.25, 0.3) is 5.69 Å². The van der Waals surface area contributed by atoms with Gasteiger partial charge in [-0.15, -0.1) is 11.8 Å². The van der Waals surface area contributed by atoms with Gasteiger partial charge in [-0.05, 0) is 37.5 Å². The molecule has 1 aliphatic rings. The van der Waals surface area contributed by atoms with Crippen LogP contribution in [-0.2, 0) is 6.42 Å². The molecule has 1 fully saturated rings. The molecular weight excluding hydrogens is 535 g/mol. The minimum atomic E-state index is -0.339. The molecule has 6 nitrogen and oxygen atoms in total. The summed E-state index contributed by atoms with van der Waals surface area (Å²) in [6.07, 6.45) is 8.60. The number of halogens is 2. The fourth-order valence-corrected chi connectivity index (χ4v) is 7.46. The van der Waals surface area contributed by atoms with Crippen molar-refractivity contribution in [2.75, 3.05) is 0 Å². The molecule has 0 radical (unpaired) electrons. The Kier molecular flexibility index (Phi) is 7.67. The molecule has 0 bridgehead atoms. The number of benzene rings is 2. The molecule has 5 rings (SSSR count). The van der Waals surface area contributed by atoms with E-state index in [9.17, 15) is 10.1 Å². The number of hydrogen-bond donors (Lipinski definition) is 0. The van der Waals surface area contributed by atoms with E-state index in [1.165, 1.54) is 38.2 Å². The monoisotopic (exact) mass is 558 g/mol. The Hall–Kier alpha value is -2.39. The molecule has 1 saturated carbocycles. The van der Waals surface area contributed by atoms with Crippen LogP contribution in [0.1, 0.15) is 48.9 Å². The fourth-order valence-electron chi connectivity index (χ4n) is 4.44. The van der Waals surface area contributed by atoms with Gasteiger partial charge in [-0.25, -0.2) is 9.67 Å². The number of para-hydroxylation sites is 1. The summed E-state index contributed by atoms with van der Waals surface area (Å²) >= 11 is 16.0. The van der Waals surface area contributed by atoms with E-state index in [4.69, 9.17) is 33.3 Å². The van der Waals surface area contributed by atoms with Gasteiger partial charge in [0.15, 0.2) is 0 Å². The Bertz CT molecular complexity index is 1410. The number of nitro groups is 1. The number of rotatable bonds is 7. The third kappa shape index (κ3) is 5.47. The summed E-state index contributed by atoms with van der Waals surface area (Å²) in [5.74, 6) is 0. The summed E-state index contributed by atoms with van der Waals surface area (Å²) in [5, 5.41) is 18.5. The minimum Gasteiger partial charge on any atom is -0.258 e. The van der Waals surface area contributed by atoms with Crippen LogP contribution in [0.4, 0.5) is 5.69 Å². The molecule has 0 spiro atoms. The van der Waals surface area contributed by atoms with Gasteiger partial charge in [0.2, 0.25) is 5.13 Å². The first kappa shape index (κ1) is 25.3. The molecule has 0 atom stereocenters. The number of nitro benzene ring substituents is 1. The summed E-state index contributed by atoms with van der Waals surface area (Å²) in [6.45, 7) is 1.92. The van der Waals surface area contributed by atoms with E-state index in [0.29, 0.717) is 27.3 Å². The van der Waals surface area contributed by atoms with Crippen LogP contribution >= 0.6 is 46.3 Å². The highest BCUT2D eigenvalue weighted by atomic mass is 35.5. The molecule has 2 aromatic heterocycles. The Morgan fingerprint density at radius 2 is 1.89 bits per heavy atom. The van der Waals surface area contributed by atoms with Gasteiger partial charge in [-0.1, -0.05) is 78.1 Å². The van der Waals surface area contributed by atoms with Crippen molar-refractivity contribution in [1.29, 1.82) is 0 Å². The third-order valence-corrected chi connectivity index (χ3v) is 9.70. The minimum absolute atomic E-state index is 0.118. The van der Waals surface area contributed by atoms with E-state index < -0.39 is 0 Å². The van der Waals surface area contributed by atoms with Crippen LogP contribution in [-0.4, -0.2) is 24.9 Å². The molecule has 4 aromatic rings. The van der Waals surface area contributed by atoms with Gasteiger partial charge in [-0.2, -0.15) is 5.10 Å².